The van der Waals surface area contributed by atoms with Gasteiger partial charge in [-0.15, -0.1) is 0 Å². The standard InChI is InChI=1S/C14H18N2O3S/c17-14(16-8-11-6-15-7-12(11)9-16)10-20(18,19)13-4-2-1-3-5-13/h1-5,11-12,15H,6-10H2. The zero-order chi connectivity index (χ0) is 14.2. The predicted molar refractivity (Wildman–Crippen MR) is 74.9 cm³/mol. The van der Waals surface area contributed by atoms with E-state index >= 15 is 0 Å². The summed E-state index contributed by atoms with van der Waals surface area (Å²) in [5, 5.41) is 3.30. The number of amides is 1. The molecule has 0 saturated carbocycles. The largest absolute Gasteiger partial charge is 0.341 e. The molecule has 6 heteroatoms. The maximum Gasteiger partial charge on any atom is 0.238 e. The molecule has 1 N–H and O–H groups in total. The van der Waals surface area contributed by atoms with Gasteiger partial charge in [0, 0.05) is 26.2 Å². The smallest absolute Gasteiger partial charge is 0.238 e. The number of hydrogen-bond donors (Lipinski definition) is 1. The zero-order valence-electron chi connectivity index (χ0n) is 11.2. The minimum Gasteiger partial charge on any atom is -0.341 e. The Balaban J connectivity index is 1.68. The molecule has 108 valence electrons. The van der Waals surface area contributed by atoms with Crippen molar-refractivity contribution in [3.8, 4) is 0 Å². The Morgan fingerprint density at radius 3 is 2.35 bits per heavy atom. The number of fused-ring (bicyclic) bond motifs is 1. The first-order valence-electron chi connectivity index (χ1n) is 6.82. The number of nitrogens with one attached hydrogen (secondary N) is 1. The molecular formula is C14H18N2O3S. The number of rotatable bonds is 3. The summed E-state index contributed by atoms with van der Waals surface area (Å²) in [7, 11) is -3.53. The van der Waals surface area contributed by atoms with Gasteiger partial charge in [0.05, 0.1) is 4.90 Å². The number of likely N-dealkylation sites (tertiary alicyclic amines) is 1. The molecule has 1 amide bonds. The number of nitrogens with zero attached hydrogens (tertiary/aromatic N) is 1. The van der Waals surface area contributed by atoms with Gasteiger partial charge in [-0.05, 0) is 24.0 Å². The first-order chi connectivity index (χ1) is 9.56. The van der Waals surface area contributed by atoms with E-state index in [1.807, 2.05) is 0 Å². The van der Waals surface area contributed by atoms with E-state index in [4.69, 9.17) is 0 Å². The van der Waals surface area contributed by atoms with Crippen molar-refractivity contribution < 1.29 is 13.2 Å². The zero-order valence-corrected chi connectivity index (χ0v) is 12.0. The van der Waals surface area contributed by atoms with Crippen LogP contribution in [0, 0.1) is 11.8 Å². The van der Waals surface area contributed by atoms with Crippen molar-refractivity contribution in [2.24, 2.45) is 11.8 Å². The molecule has 5 nitrogen and oxygen atoms in total. The molecule has 0 aromatic heterocycles. The summed E-state index contributed by atoms with van der Waals surface area (Å²) >= 11 is 0. The van der Waals surface area contributed by atoms with Gasteiger partial charge in [0.15, 0.2) is 9.84 Å². The molecule has 2 heterocycles. The van der Waals surface area contributed by atoms with E-state index in [1.165, 1.54) is 12.1 Å². The molecule has 0 spiro atoms. The Morgan fingerprint density at radius 2 is 1.75 bits per heavy atom. The highest BCUT2D eigenvalue weighted by Crippen LogP contribution is 2.26. The van der Waals surface area contributed by atoms with Gasteiger partial charge in [0.1, 0.15) is 5.75 Å². The van der Waals surface area contributed by atoms with E-state index in [-0.39, 0.29) is 10.8 Å². The number of carbonyl (C=O) groups is 1. The number of hydrogen-bond acceptors (Lipinski definition) is 4. The third kappa shape index (κ3) is 2.58. The summed E-state index contributed by atoms with van der Waals surface area (Å²) in [6.07, 6.45) is 0. The Kier molecular flexibility index (Phi) is 3.52. The molecular weight excluding hydrogens is 276 g/mol. The van der Waals surface area contributed by atoms with Crippen LogP contribution in [0.5, 0.6) is 0 Å². The van der Waals surface area contributed by atoms with Crippen LogP contribution in [-0.2, 0) is 14.6 Å². The average Bonchev–Trinajstić information content (AvgIpc) is 3.00. The predicted octanol–water partition coefficient (Wildman–Crippen LogP) is 0.138. The van der Waals surface area contributed by atoms with Gasteiger partial charge < -0.3 is 10.2 Å². The highest BCUT2D eigenvalue weighted by molar-refractivity contribution is 7.92. The van der Waals surface area contributed by atoms with Gasteiger partial charge in [-0.1, -0.05) is 18.2 Å². The van der Waals surface area contributed by atoms with Gasteiger partial charge in [-0.25, -0.2) is 8.42 Å². The Bertz CT molecular complexity index is 588. The number of sulfone groups is 1. The van der Waals surface area contributed by atoms with Gasteiger partial charge in [-0.3, -0.25) is 4.79 Å². The highest BCUT2D eigenvalue weighted by atomic mass is 32.2. The minimum absolute atomic E-state index is 0.217. The van der Waals surface area contributed by atoms with Crippen molar-refractivity contribution in [2.45, 2.75) is 4.90 Å². The molecule has 0 radical (unpaired) electrons. The number of benzene rings is 1. The Hall–Kier alpha value is -1.40. The fourth-order valence-electron chi connectivity index (χ4n) is 3.02. The molecule has 1 aromatic carbocycles. The average molecular weight is 294 g/mol. The van der Waals surface area contributed by atoms with Crippen LogP contribution in [0.4, 0.5) is 0 Å². The first kappa shape index (κ1) is 13.6. The minimum atomic E-state index is -3.53. The summed E-state index contributed by atoms with van der Waals surface area (Å²) in [5.41, 5.74) is 0. The quantitative estimate of drug-likeness (QED) is 0.861. The van der Waals surface area contributed by atoms with Crippen LogP contribution in [0.25, 0.3) is 0 Å². The summed E-state index contributed by atoms with van der Waals surface area (Å²) in [6.45, 7) is 3.22. The highest BCUT2D eigenvalue weighted by Gasteiger charge is 2.38. The fraction of sp³-hybridized carbons (Fsp3) is 0.500. The molecule has 2 fully saturated rings. The lowest BCUT2D eigenvalue weighted by molar-refractivity contribution is -0.127. The lowest BCUT2D eigenvalue weighted by atomic mass is 10.0. The van der Waals surface area contributed by atoms with Gasteiger partial charge >= 0.3 is 0 Å². The maximum atomic E-state index is 12.2. The summed E-state index contributed by atoms with van der Waals surface area (Å²) < 4.78 is 24.4. The summed E-state index contributed by atoms with van der Waals surface area (Å²) in [6, 6.07) is 8.17. The Labute approximate surface area is 118 Å². The van der Waals surface area contributed by atoms with Crippen LogP contribution in [-0.4, -0.2) is 51.2 Å². The van der Waals surface area contributed by atoms with E-state index in [0.29, 0.717) is 24.9 Å². The van der Waals surface area contributed by atoms with Gasteiger partial charge in [-0.2, -0.15) is 0 Å². The third-order valence-electron chi connectivity index (χ3n) is 4.16. The molecule has 2 aliphatic heterocycles. The second-order valence-electron chi connectivity index (χ2n) is 5.55. The monoisotopic (exact) mass is 294 g/mol. The van der Waals surface area contributed by atoms with Crippen LogP contribution >= 0.6 is 0 Å². The van der Waals surface area contributed by atoms with Crippen LogP contribution < -0.4 is 5.32 Å². The van der Waals surface area contributed by atoms with E-state index < -0.39 is 15.6 Å². The molecule has 2 saturated heterocycles. The van der Waals surface area contributed by atoms with E-state index in [0.717, 1.165) is 13.1 Å². The van der Waals surface area contributed by atoms with E-state index in [9.17, 15) is 13.2 Å². The van der Waals surface area contributed by atoms with E-state index in [1.54, 1.807) is 23.1 Å². The first-order valence-corrected chi connectivity index (χ1v) is 8.48. The molecule has 1 aromatic rings. The molecule has 20 heavy (non-hydrogen) atoms. The summed E-state index contributed by atoms with van der Waals surface area (Å²) in [5.74, 6) is 0.268. The lowest BCUT2D eigenvalue weighted by Crippen LogP contribution is -2.36. The fourth-order valence-corrected chi connectivity index (χ4v) is 4.27. The lowest BCUT2D eigenvalue weighted by Gasteiger charge is -2.17. The molecule has 2 unspecified atom stereocenters. The van der Waals surface area contributed by atoms with Crippen LogP contribution in [0.2, 0.25) is 0 Å². The number of carbonyl (C=O) groups excluding carboxylic acids is 1. The molecule has 3 rings (SSSR count). The summed E-state index contributed by atoms with van der Waals surface area (Å²) in [4.78, 5) is 14.1. The third-order valence-corrected chi connectivity index (χ3v) is 5.78. The SMILES string of the molecule is O=C(CS(=O)(=O)c1ccccc1)N1CC2CNCC2C1. The van der Waals surface area contributed by atoms with Crippen molar-refractivity contribution in [3.05, 3.63) is 30.3 Å². The molecule has 0 aliphatic carbocycles. The normalized spacial score (nSPS) is 25.7. The van der Waals surface area contributed by atoms with Crippen molar-refractivity contribution >= 4 is 15.7 Å². The van der Waals surface area contributed by atoms with Crippen molar-refractivity contribution in [1.29, 1.82) is 0 Å². The van der Waals surface area contributed by atoms with Crippen molar-refractivity contribution in [1.82, 2.24) is 10.2 Å². The molecule has 2 atom stereocenters. The maximum absolute atomic E-state index is 12.2. The van der Waals surface area contributed by atoms with Gasteiger partial charge in [0.2, 0.25) is 5.91 Å². The van der Waals surface area contributed by atoms with Crippen LogP contribution in [0.3, 0.4) is 0 Å². The second kappa shape index (κ2) is 5.18. The second-order valence-corrected chi connectivity index (χ2v) is 7.54. The van der Waals surface area contributed by atoms with Crippen LogP contribution in [0.1, 0.15) is 0 Å². The molecule has 0 bridgehead atoms. The van der Waals surface area contributed by atoms with Gasteiger partial charge in [0.25, 0.3) is 0 Å². The van der Waals surface area contributed by atoms with Crippen molar-refractivity contribution in [3.63, 3.8) is 0 Å². The van der Waals surface area contributed by atoms with Crippen LogP contribution in [0.15, 0.2) is 35.2 Å². The topological polar surface area (TPSA) is 66.5 Å². The van der Waals surface area contributed by atoms with E-state index in [2.05, 4.69) is 5.32 Å². The molecule has 2 aliphatic rings. The van der Waals surface area contributed by atoms with Crippen molar-refractivity contribution in [2.75, 3.05) is 31.9 Å². The Morgan fingerprint density at radius 1 is 1.15 bits per heavy atom.